The molecular formula is C17H26F2N8O3S. The molecule has 0 aromatic carbocycles. The maximum absolute atomic E-state index is 12.6. The average molecular weight is 461 g/mol. The van der Waals surface area contributed by atoms with Crippen LogP contribution in [0.5, 0.6) is 5.88 Å². The highest BCUT2D eigenvalue weighted by Crippen LogP contribution is 2.23. The number of likely N-dealkylation sites (N-methyl/N-ethyl adjacent to an activating group) is 1. The van der Waals surface area contributed by atoms with E-state index in [9.17, 15) is 17.2 Å². The summed E-state index contributed by atoms with van der Waals surface area (Å²) in [5.74, 6) is 0.152. The number of anilines is 2. The molecule has 1 aliphatic carbocycles. The lowest BCUT2D eigenvalue weighted by molar-refractivity contribution is -0.0529. The number of fused-ring (bicyclic) bond motifs is 1. The lowest BCUT2D eigenvalue weighted by Gasteiger charge is -2.39. The number of sulfonamides is 1. The summed E-state index contributed by atoms with van der Waals surface area (Å²) in [6.45, 7) is -1.56. The van der Waals surface area contributed by atoms with Crippen LogP contribution in [-0.2, 0) is 10.0 Å². The lowest BCUT2D eigenvalue weighted by atomic mass is 10.1. The van der Waals surface area contributed by atoms with Crippen molar-refractivity contribution in [1.29, 1.82) is 0 Å². The number of hydrogen-bond donors (Lipinski definition) is 3. The van der Waals surface area contributed by atoms with E-state index in [0.29, 0.717) is 25.1 Å². The first kappa shape index (κ1) is 21.9. The molecule has 2 aliphatic rings. The number of rotatable bonds is 10. The smallest absolute Gasteiger partial charge is 0.388 e. The molecule has 4 rings (SSSR count). The molecule has 2 fully saturated rings. The topological polar surface area (TPSA) is 126 Å². The van der Waals surface area contributed by atoms with E-state index in [1.54, 1.807) is 0 Å². The molecule has 0 bridgehead atoms. The highest BCUT2D eigenvalue weighted by Gasteiger charge is 2.29. The van der Waals surface area contributed by atoms with Gasteiger partial charge in [-0.05, 0) is 19.9 Å². The summed E-state index contributed by atoms with van der Waals surface area (Å²) in [7, 11) is -1.59. The Labute approximate surface area is 178 Å². The Morgan fingerprint density at radius 1 is 1.23 bits per heavy atom. The first-order chi connectivity index (χ1) is 14.8. The first-order valence-corrected chi connectivity index (χ1v) is 11.9. The quantitative estimate of drug-likeness (QED) is 0.462. The van der Waals surface area contributed by atoms with Crippen LogP contribution in [0.2, 0.25) is 0 Å². The van der Waals surface area contributed by atoms with E-state index in [-0.39, 0.29) is 35.8 Å². The van der Waals surface area contributed by atoms with Gasteiger partial charge in [0.15, 0.2) is 5.65 Å². The Balaban J connectivity index is 1.49. The van der Waals surface area contributed by atoms with E-state index >= 15 is 0 Å². The normalized spacial score (nSPS) is 18.1. The number of nitrogens with zero attached hydrogens (tertiary/aromatic N) is 5. The van der Waals surface area contributed by atoms with Crippen molar-refractivity contribution in [2.24, 2.45) is 0 Å². The summed E-state index contributed by atoms with van der Waals surface area (Å²) < 4.78 is 58.2. The molecule has 3 heterocycles. The fourth-order valence-corrected chi connectivity index (χ4v) is 4.97. The number of ether oxygens (including phenoxy) is 1. The number of hydrogen-bond acceptors (Lipinski definition) is 9. The van der Waals surface area contributed by atoms with Gasteiger partial charge < -0.3 is 20.3 Å². The zero-order chi connectivity index (χ0) is 22.0. The Morgan fingerprint density at radius 2 is 1.97 bits per heavy atom. The zero-order valence-electron chi connectivity index (χ0n) is 17.1. The standard InChI is InChI=1S/C17H26F2N8O3S/c1-20-12-9-26(10-12)17-22-13-8-14(30-15(18)19)24-27(13)16(23-17)21-6-7-31(28,29)25-11-4-2-3-5-11/h8,11-12,15,20,25H,2-7,9-10H2,1H3,(H,21,22,23). The lowest BCUT2D eigenvalue weighted by Crippen LogP contribution is -2.57. The van der Waals surface area contributed by atoms with Crippen LogP contribution in [0.1, 0.15) is 25.7 Å². The van der Waals surface area contributed by atoms with E-state index in [1.807, 2.05) is 11.9 Å². The summed E-state index contributed by atoms with van der Waals surface area (Å²) in [6, 6.07) is 1.59. The van der Waals surface area contributed by atoms with Gasteiger partial charge in [0.05, 0.1) is 5.75 Å². The zero-order valence-corrected chi connectivity index (χ0v) is 17.9. The first-order valence-electron chi connectivity index (χ1n) is 10.2. The molecule has 0 spiro atoms. The van der Waals surface area contributed by atoms with Gasteiger partial charge in [0.1, 0.15) is 0 Å². The van der Waals surface area contributed by atoms with Crippen LogP contribution in [0.4, 0.5) is 20.7 Å². The summed E-state index contributed by atoms with van der Waals surface area (Å²) in [5, 5.41) is 10.1. The van der Waals surface area contributed by atoms with Gasteiger partial charge in [-0.3, -0.25) is 0 Å². The minimum absolute atomic E-state index is 0.00549. The Kier molecular flexibility index (Phi) is 6.39. The van der Waals surface area contributed by atoms with E-state index in [2.05, 4.69) is 35.2 Å². The minimum Gasteiger partial charge on any atom is -0.415 e. The largest absolute Gasteiger partial charge is 0.415 e. The van der Waals surface area contributed by atoms with Crippen LogP contribution in [0.25, 0.3) is 5.65 Å². The number of nitrogens with one attached hydrogen (secondary N) is 3. The van der Waals surface area contributed by atoms with Gasteiger partial charge in [-0.2, -0.15) is 23.3 Å². The van der Waals surface area contributed by atoms with E-state index < -0.39 is 16.6 Å². The predicted octanol–water partition coefficient (Wildman–Crippen LogP) is 0.408. The SMILES string of the molecule is CNC1CN(c2nc(NCCS(=O)(=O)NC3CCCC3)n3nc(OC(F)F)cc3n2)C1. The van der Waals surface area contributed by atoms with Crippen LogP contribution in [0, 0.1) is 0 Å². The summed E-state index contributed by atoms with van der Waals surface area (Å²) in [6.07, 6.45) is 3.76. The van der Waals surface area contributed by atoms with Gasteiger partial charge in [-0.15, -0.1) is 5.10 Å². The highest BCUT2D eigenvalue weighted by molar-refractivity contribution is 7.89. The molecule has 1 saturated carbocycles. The number of halogens is 2. The molecule has 1 aliphatic heterocycles. The van der Waals surface area contributed by atoms with Crippen LogP contribution in [-0.4, -0.2) is 79.1 Å². The predicted molar refractivity (Wildman–Crippen MR) is 110 cm³/mol. The van der Waals surface area contributed by atoms with E-state index in [0.717, 1.165) is 25.7 Å². The summed E-state index contributed by atoms with van der Waals surface area (Å²) in [4.78, 5) is 10.7. The van der Waals surface area contributed by atoms with Gasteiger partial charge in [0, 0.05) is 37.8 Å². The second-order valence-electron chi connectivity index (χ2n) is 7.71. The summed E-state index contributed by atoms with van der Waals surface area (Å²) >= 11 is 0. The van der Waals surface area contributed by atoms with Crippen LogP contribution < -0.4 is 25.0 Å². The molecule has 0 atom stereocenters. The van der Waals surface area contributed by atoms with Gasteiger partial charge in [-0.1, -0.05) is 12.8 Å². The van der Waals surface area contributed by atoms with Gasteiger partial charge in [0.2, 0.25) is 27.8 Å². The van der Waals surface area contributed by atoms with E-state index in [1.165, 1.54) is 10.6 Å². The number of alkyl halides is 2. The third-order valence-electron chi connectivity index (χ3n) is 5.43. The Hall–Kier alpha value is -2.32. The third kappa shape index (κ3) is 5.30. The number of aromatic nitrogens is 4. The van der Waals surface area contributed by atoms with Crippen LogP contribution >= 0.6 is 0 Å². The Morgan fingerprint density at radius 3 is 2.65 bits per heavy atom. The van der Waals surface area contributed by atoms with Gasteiger partial charge >= 0.3 is 6.61 Å². The van der Waals surface area contributed by atoms with Crippen LogP contribution in [0.3, 0.4) is 0 Å². The second-order valence-corrected chi connectivity index (χ2v) is 9.59. The monoisotopic (exact) mass is 460 g/mol. The molecular weight excluding hydrogens is 434 g/mol. The van der Waals surface area contributed by atoms with Crippen molar-refractivity contribution in [1.82, 2.24) is 29.6 Å². The maximum Gasteiger partial charge on any atom is 0.388 e. The highest BCUT2D eigenvalue weighted by atomic mass is 32.2. The second kappa shape index (κ2) is 9.04. The molecule has 0 unspecified atom stereocenters. The third-order valence-corrected chi connectivity index (χ3v) is 6.86. The van der Waals surface area contributed by atoms with Crippen molar-refractivity contribution in [2.45, 2.75) is 44.4 Å². The Bertz CT molecular complexity index is 1010. The molecule has 2 aromatic heterocycles. The van der Waals surface area contributed by atoms with Gasteiger partial charge in [-0.25, -0.2) is 13.1 Å². The van der Waals surface area contributed by atoms with Crippen molar-refractivity contribution in [3.63, 3.8) is 0 Å². The fraction of sp³-hybridized carbons (Fsp3) is 0.706. The van der Waals surface area contributed by atoms with Crippen molar-refractivity contribution in [3.8, 4) is 5.88 Å². The molecule has 11 nitrogen and oxygen atoms in total. The van der Waals surface area contributed by atoms with E-state index in [4.69, 9.17) is 0 Å². The average Bonchev–Trinajstić information content (AvgIpc) is 3.29. The van der Waals surface area contributed by atoms with Crippen LogP contribution in [0.15, 0.2) is 6.07 Å². The summed E-state index contributed by atoms with van der Waals surface area (Å²) in [5.41, 5.74) is 0.267. The van der Waals surface area contributed by atoms with Crippen molar-refractivity contribution in [2.75, 3.05) is 42.7 Å². The van der Waals surface area contributed by atoms with Crippen molar-refractivity contribution >= 4 is 27.6 Å². The molecule has 1 saturated heterocycles. The minimum atomic E-state index is -3.46. The fourth-order valence-electron chi connectivity index (χ4n) is 3.74. The molecule has 31 heavy (non-hydrogen) atoms. The van der Waals surface area contributed by atoms with Crippen molar-refractivity contribution in [3.05, 3.63) is 6.07 Å². The molecule has 14 heteroatoms. The molecule has 0 radical (unpaired) electrons. The maximum atomic E-state index is 12.6. The molecule has 0 amide bonds. The molecule has 172 valence electrons. The molecule has 3 N–H and O–H groups in total. The molecule has 2 aromatic rings. The van der Waals surface area contributed by atoms with Gasteiger partial charge in [0.25, 0.3) is 0 Å². The van der Waals surface area contributed by atoms with Crippen molar-refractivity contribution < 1.29 is 21.9 Å².